The highest BCUT2D eigenvalue weighted by atomic mass is 35.5. The number of nitrogens with zero attached hydrogens (tertiary/aromatic N) is 3. The van der Waals surface area contributed by atoms with Gasteiger partial charge in [-0.1, -0.05) is 25.4 Å². The van der Waals surface area contributed by atoms with Crippen LogP contribution >= 0.6 is 11.6 Å². The minimum Gasteiger partial charge on any atom is -0.389 e. The van der Waals surface area contributed by atoms with E-state index in [0.29, 0.717) is 24.2 Å². The number of aromatic nitrogens is 2. The van der Waals surface area contributed by atoms with Crippen LogP contribution in [0.3, 0.4) is 0 Å². The zero-order valence-corrected chi connectivity index (χ0v) is 11.7. The summed E-state index contributed by atoms with van der Waals surface area (Å²) in [5, 5.41) is 12.0. The molecule has 0 radical (unpaired) electrons. The molecule has 1 N–H and O–H groups in total. The summed E-state index contributed by atoms with van der Waals surface area (Å²) in [6, 6.07) is 1.87. The van der Waals surface area contributed by atoms with E-state index in [9.17, 15) is 5.11 Å². The highest BCUT2D eigenvalue weighted by Crippen LogP contribution is 2.33. The Bertz CT molecular complexity index is 623. The lowest BCUT2D eigenvalue weighted by molar-refractivity contribution is 0.142. The van der Waals surface area contributed by atoms with Crippen molar-refractivity contribution < 1.29 is 5.11 Å². The summed E-state index contributed by atoms with van der Waals surface area (Å²) < 4.78 is 0. The Hall–Kier alpha value is -1.39. The maximum Gasteiger partial charge on any atom is 0.129 e. The summed E-state index contributed by atoms with van der Waals surface area (Å²) in [7, 11) is 0. The van der Waals surface area contributed by atoms with Gasteiger partial charge < -0.3 is 10.0 Å². The molecule has 2 aromatic heterocycles. The molecule has 4 nitrogen and oxygen atoms in total. The SMILES string of the molecule is CC(C)c1ncc(N2CC(O)C2)c2cnc(Cl)cc12. The predicted molar refractivity (Wildman–Crippen MR) is 76.9 cm³/mol. The second-order valence-electron chi connectivity index (χ2n) is 5.29. The molecule has 1 aliphatic heterocycles. The summed E-state index contributed by atoms with van der Waals surface area (Å²) in [4.78, 5) is 10.9. The molecule has 5 heteroatoms. The van der Waals surface area contributed by atoms with Crippen LogP contribution in [-0.4, -0.2) is 34.3 Å². The van der Waals surface area contributed by atoms with Crippen LogP contribution < -0.4 is 4.90 Å². The highest BCUT2D eigenvalue weighted by molar-refractivity contribution is 6.30. The fraction of sp³-hybridized carbons (Fsp3) is 0.429. The molecule has 1 saturated heterocycles. The highest BCUT2D eigenvalue weighted by Gasteiger charge is 2.26. The molecule has 0 aliphatic carbocycles. The van der Waals surface area contributed by atoms with E-state index < -0.39 is 0 Å². The number of aliphatic hydroxyl groups is 1. The van der Waals surface area contributed by atoms with Crippen molar-refractivity contribution >= 4 is 28.1 Å². The van der Waals surface area contributed by atoms with Crippen LogP contribution in [0.25, 0.3) is 10.8 Å². The molecule has 0 unspecified atom stereocenters. The predicted octanol–water partition coefficient (Wildman–Crippen LogP) is 2.59. The maximum atomic E-state index is 9.44. The summed E-state index contributed by atoms with van der Waals surface area (Å²) in [6.45, 7) is 5.53. The maximum absolute atomic E-state index is 9.44. The molecule has 0 spiro atoms. The summed E-state index contributed by atoms with van der Waals surface area (Å²) in [6.07, 6.45) is 3.43. The second kappa shape index (κ2) is 4.62. The van der Waals surface area contributed by atoms with Crippen LogP contribution in [0.2, 0.25) is 5.15 Å². The molecule has 0 aromatic carbocycles. The van der Waals surface area contributed by atoms with Crippen LogP contribution in [-0.2, 0) is 0 Å². The van der Waals surface area contributed by atoms with Crippen LogP contribution in [0.5, 0.6) is 0 Å². The van der Waals surface area contributed by atoms with Crippen molar-refractivity contribution in [1.82, 2.24) is 9.97 Å². The van der Waals surface area contributed by atoms with Crippen LogP contribution in [0.4, 0.5) is 5.69 Å². The molecular weight excluding hydrogens is 262 g/mol. The van der Waals surface area contributed by atoms with Crippen LogP contribution in [0.15, 0.2) is 18.5 Å². The first-order chi connectivity index (χ1) is 9.06. The van der Waals surface area contributed by atoms with Crippen molar-refractivity contribution in [2.45, 2.75) is 25.9 Å². The number of rotatable bonds is 2. The topological polar surface area (TPSA) is 49.2 Å². The monoisotopic (exact) mass is 277 g/mol. The average molecular weight is 278 g/mol. The van der Waals surface area contributed by atoms with Gasteiger partial charge in [0.2, 0.25) is 0 Å². The van der Waals surface area contributed by atoms with Crippen molar-refractivity contribution in [3.05, 3.63) is 29.3 Å². The zero-order chi connectivity index (χ0) is 13.6. The number of β-amino-alcohol motifs (C(OH)–C–C–N with tert-alkyl or cyclic N) is 1. The molecule has 100 valence electrons. The van der Waals surface area contributed by atoms with E-state index in [2.05, 4.69) is 28.7 Å². The van der Waals surface area contributed by atoms with Gasteiger partial charge in [-0.3, -0.25) is 4.98 Å². The van der Waals surface area contributed by atoms with E-state index in [0.717, 1.165) is 22.2 Å². The van der Waals surface area contributed by atoms with Crippen molar-refractivity contribution in [2.24, 2.45) is 0 Å². The normalized spacial score (nSPS) is 16.2. The van der Waals surface area contributed by atoms with Crippen LogP contribution in [0.1, 0.15) is 25.5 Å². The molecule has 0 bridgehead atoms. The minimum absolute atomic E-state index is 0.236. The summed E-state index contributed by atoms with van der Waals surface area (Å²) in [5.41, 5.74) is 2.05. The molecule has 3 heterocycles. The number of anilines is 1. The first-order valence-corrected chi connectivity index (χ1v) is 6.81. The minimum atomic E-state index is -0.236. The lowest BCUT2D eigenvalue weighted by Gasteiger charge is -2.38. The van der Waals surface area contributed by atoms with Gasteiger partial charge in [-0.25, -0.2) is 4.98 Å². The number of hydrogen-bond acceptors (Lipinski definition) is 4. The number of aliphatic hydroxyl groups excluding tert-OH is 1. The second-order valence-corrected chi connectivity index (χ2v) is 5.68. The standard InChI is InChI=1S/C14H16ClN3O/c1-8(2)14-10-3-13(15)16-4-11(10)12(5-17-14)18-6-9(19)7-18/h3-5,8-9,19H,6-7H2,1-2H3. The first-order valence-electron chi connectivity index (χ1n) is 6.43. The molecular formula is C14H16ClN3O. The van der Waals surface area contributed by atoms with Gasteiger partial charge in [0.25, 0.3) is 0 Å². The van der Waals surface area contributed by atoms with E-state index in [1.807, 2.05) is 12.3 Å². The van der Waals surface area contributed by atoms with Gasteiger partial charge in [0, 0.05) is 30.1 Å². The van der Waals surface area contributed by atoms with Gasteiger partial charge in [-0.05, 0) is 12.0 Å². The quantitative estimate of drug-likeness (QED) is 0.857. The Balaban J connectivity index is 2.17. The average Bonchev–Trinajstić information content (AvgIpc) is 2.33. The Labute approximate surface area is 117 Å². The van der Waals surface area contributed by atoms with E-state index in [1.165, 1.54) is 0 Å². The van der Waals surface area contributed by atoms with Crippen molar-refractivity contribution in [1.29, 1.82) is 0 Å². The first kappa shape index (κ1) is 12.6. The Morgan fingerprint density at radius 1 is 1.26 bits per heavy atom. The van der Waals surface area contributed by atoms with Crippen molar-refractivity contribution in [3.63, 3.8) is 0 Å². The van der Waals surface area contributed by atoms with Gasteiger partial charge in [0.15, 0.2) is 0 Å². The Kier molecular flexibility index (Phi) is 3.07. The van der Waals surface area contributed by atoms with Crippen molar-refractivity contribution in [3.8, 4) is 0 Å². The fourth-order valence-electron chi connectivity index (χ4n) is 2.48. The zero-order valence-electron chi connectivity index (χ0n) is 11.0. The third kappa shape index (κ3) is 2.15. The fourth-order valence-corrected chi connectivity index (χ4v) is 2.64. The molecule has 3 rings (SSSR count). The van der Waals surface area contributed by atoms with Gasteiger partial charge in [-0.2, -0.15) is 0 Å². The Morgan fingerprint density at radius 3 is 2.63 bits per heavy atom. The van der Waals surface area contributed by atoms with E-state index >= 15 is 0 Å². The van der Waals surface area contributed by atoms with E-state index in [-0.39, 0.29) is 6.10 Å². The largest absolute Gasteiger partial charge is 0.389 e. The third-order valence-electron chi connectivity index (χ3n) is 3.50. The summed E-state index contributed by atoms with van der Waals surface area (Å²) in [5.74, 6) is 0.331. The van der Waals surface area contributed by atoms with Gasteiger partial charge in [0.05, 0.1) is 23.7 Å². The molecule has 1 fully saturated rings. The van der Waals surface area contributed by atoms with E-state index in [1.54, 1.807) is 6.20 Å². The lowest BCUT2D eigenvalue weighted by atomic mass is 10.0. The van der Waals surface area contributed by atoms with Crippen LogP contribution in [0, 0.1) is 0 Å². The van der Waals surface area contributed by atoms with E-state index in [4.69, 9.17) is 11.6 Å². The molecule has 1 aliphatic rings. The number of halogens is 1. The number of fused-ring (bicyclic) bond motifs is 1. The van der Waals surface area contributed by atoms with Gasteiger partial charge in [0.1, 0.15) is 5.15 Å². The number of hydrogen-bond donors (Lipinski definition) is 1. The molecule has 0 amide bonds. The third-order valence-corrected chi connectivity index (χ3v) is 3.70. The summed E-state index contributed by atoms with van der Waals surface area (Å²) >= 11 is 6.01. The number of pyridine rings is 2. The molecule has 19 heavy (non-hydrogen) atoms. The smallest absolute Gasteiger partial charge is 0.129 e. The Morgan fingerprint density at radius 2 is 2.00 bits per heavy atom. The molecule has 2 aromatic rings. The lowest BCUT2D eigenvalue weighted by Crippen LogP contribution is -2.51. The molecule has 0 atom stereocenters. The molecule has 0 saturated carbocycles. The van der Waals surface area contributed by atoms with Gasteiger partial charge >= 0.3 is 0 Å². The van der Waals surface area contributed by atoms with Gasteiger partial charge in [-0.15, -0.1) is 0 Å². The van der Waals surface area contributed by atoms with Crippen molar-refractivity contribution in [2.75, 3.05) is 18.0 Å².